The number of hydrogen-bond donors (Lipinski definition) is 2. The molecular weight excluding hydrogens is 377 g/mol. The number of ether oxygens (including phenoxy) is 1. The summed E-state index contributed by atoms with van der Waals surface area (Å²) in [6.07, 6.45) is 0.981. The summed E-state index contributed by atoms with van der Waals surface area (Å²) in [6.45, 7) is 4.86. The van der Waals surface area contributed by atoms with Crippen molar-refractivity contribution < 1.29 is 14.3 Å². The Bertz CT molecular complexity index is 640. The van der Waals surface area contributed by atoms with Crippen molar-refractivity contribution in [3.63, 3.8) is 0 Å². The molecule has 2 atom stereocenters. The summed E-state index contributed by atoms with van der Waals surface area (Å²) in [4.78, 5) is 26.5. The molecule has 1 aromatic carbocycles. The number of carbonyl (C=O) groups is 2. The fraction of sp³-hybridized carbons (Fsp3) is 0.556. The van der Waals surface area contributed by atoms with Gasteiger partial charge in [-0.15, -0.1) is 12.4 Å². The van der Waals surface area contributed by atoms with E-state index in [4.69, 9.17) is 22.1 Å². The Hall–Kier alpha value is -1.50. The standard InChI is InChI=1S/C18H26ClN3O3.ClH/c1-11(2)6-14(9-20)21-18(24)12-7-17(23)22(10-12)15-8-13(19)4-5-16(15)25-3;/h4-5,8,11-12,14H,6-7,9-10,20H2,1-3H3,(H,21,24);1H. The van der Waals surface area contributed by atoms with Crippen molar-refractivity contribution in [2.75, 3.05) is 25.1 Å². The monoisotopic (exact) mass is 403 g/mol. The Labute approximate surface area is 165 Å². The zero-order valence-electron chi connectivity index (χ0n) is 15.3. The lowest BCUT2D eigenvalue weighted by Gasteiger charge is -2.22. The van der Waals surface area contributed by atoms with Crippen LogP contribution in [0.4, 0.5) is 5.69 Å². The maximum absolute atomic E-state index is 12.5. The molecule has 0 saturated carbocycles. The van der Waals surface area contributed by atoms with Gasteiger partial charge in [0.05, 0.1) is 18.7 Å². The van der Waals surface area contributed by atoms with Crippen LogP contribution in [0.3, 0.4) is 0 Å². The summed E-state index contributed by atoms with van der Waals surface area (Å²) in [7, 11) is 1.54. The van der Waals surface area contributed by atoms with Crippen molar-refractivity contribution in [1.29, 1.82) is 0 Å². The first-order chi connectivity index (χ1) is 11.8. The van der Waals surface area contributed by atoms with Crippen LogP contribution in [0.5, 0.6) is 5.75 Å². The molecule has 0 spiro atoms. The van der Waals surface area contributed by atoms with Gasteiger partial charge in [0.1, 0.15) is 5.75 Å². The Morgan fingerprint density at radius 3 is 2.73 bits per heavy atom. The summed E-state index contributed by atoms with van der Waals surface area (Å²) in [5.74, 6) is 0.337. The van der Waals surface area contributed by atoms with Crippen molar-refractivity contribution in [2.45, 2.75) is 32.7 Å². The molecule has 0 aliphatic carbocycles. The number of methoxy groups -OCH3 is 1. The van der Waals surface area contributed by atoms with Gasteiger partial charge in [-0.25, -0.2) is 0 Å². The van der Waals surface area contributed by atoms with Gasteiger partial charge in [-0.1, -0.05) is 25.4 Å². The van der Waals surface area contributed by atoms with Crippen LogP contribution in [0.25, 0.3) is 0 Å². The van der Waals surface area contributed by atoms with Crippen molar-refractivity contribution in [3.05, 3.63) is 23.2 Å². The van der Waals surface area contributed by atoms with Crippen LogP contribution in [0.1, 0.15) is 26.7 Å². The zero-order chi connectivity index (χ0) is 18.6. The highest BCUT2D eigenvalue weighted by molar-refractivity contribution is 6.31. The van der Waals surface area contributed by atoms with E-state index < -0.39 is 5.92 Å². The first kappa shape index (κ1) is 22.5. The topological polar surface area (TPSA) is 84.7 Å². The molecule has 3 N–H and O–H groups in total. The molecule has 1 aliphatic rings. The van der Waals surface area contributed by atoms with Crippen LogP contribution in [-0.2, 0) is 9.59 Å². The average molecular weight is 404 g/mol. The second-order valence-electron chi connectivity index (χ2n) is 6.79. The van der Waals surface area contributed by atoms with Crippen LogP contribution in [-0.4, -0.2) is 38.1 Å². The second kappa shape index (κ2) is 10.00. The maximum Gasteiger partial charge on any atom is 0.227 e. The molecule has 2 unspecified atom stereocenters. The molecule has 1 aromatic rings. The van der Waals surface area contributed by atoms with Crippen LogP contribution < -0.4 is 20.7 Å². The van der Waals surface area contributed by atoms with Gasteiger partial charge in [0.25, 0.3) is 0 Å². The van der Waals surface area contributed by atoms with Crippen molar-refractivity contribution in [1.82, 2.24) is 5.32 Å². The third-order valence-corrected chi connectivity index (χ3v) is 4.55. The zero-order valence-corrected chi connectivity index (χ0v) is 16.9. The molecule has 1 saturated heterocycles. The molecule has 146 valence electrons. The fourth-order valence-electron chi connectivity index (χ4n) is 3.09. The average Bonchev–Trinajstić information content (AvgIpc) is 2.95. The van der Waals surface area contributed by atoms with E-state index in [9.17, 15) is 9.59 Å². The number of hydrogen-bond acceptors (Lipinski definition) is 4. The largest absolute Gasteiger partial charge is 0.495 e. The van der Waals surface area contributed by atoms with Gasteiger partial charge in [-0.2, -0.15) is 0 Å². The predicted octanol–water partition coefficient (Wildman–Crippen LogP) is 2.61. The lowest BCUT2D eigenvalue weighted by Crippen LogP contribution is -2.44. The van der Waals surface area contributed by atoms with Crippen LogP contribution in [0.15, 0.2) is 18.2 Å². The number of amides is 2. The number of benzene rings is 1. The Morgan fingerprint density at radius 2 is 2.15 bits per heavy atom. The van der Waals surface area contributed by atoms with Gasteiger partial charge in [0, 0.05) is 30.6 Å². The number of halogens is 2. The minimum atomic E-state index is -0.405. The van der Waals surface area contributed by atoms with E-state index in [-0.39, 0.29) is 36.7 Å². The van der Waals surface area contributed by atoms with Crippen LogP contribution in [0.2, 0.25) is 5.02 Å². The Balaban J connectivity index is 0.00000338. The Morgan fingerprint density at radius 1 is 1.46 bits per heavy atom. The number of nitrogens with zero attached hydrogens (tertiary/aromatic N) is 1. The molecule has 0 radical (unpaired) electrons. The molecule has 1 aliphatic heterocycles. The lowest BCUT2D eigenvalue weighted by molar-refractivity contribution is -0.127. The molecule has 8 heteroatoms. The number of anilines is 1. The fourth-order valence-corrected chi connectivity index (χ4v) is 3.26. The van der Waals surface area contributed by atoms with Gasteiger partial charge in [0.15, 0.2) is 0 Å². The van der Waals surface area contributed by atoms with E-state index >= 15 is 0 Å². The highest BCUT2D eigenvalue weighted by atomic mass is 35.5. The molecule has 1 heterocycles. The van der Waals surface area contributed by atoms with E-state index in [1.54, 1.807) is 23.1 Å². The van der Waals surface area contributed by atoms with Crippen molar-refractivity contribution >= 4 is 41.5 Å². The van der Waals surface area contributed by atoms with E-state index in [0.29, 0.717) is 35.5 Å². The highest BCUT2D eigenvalue weighted by Crippen LogP contribution is 2.35. The summed E-state index contributed by atoms with van der Waals surface area (Å²) in [5, 5.41) is 3.48. The van der Waals surface area contributed by atoms with Crippen LogP contribution in [0, 0.1) is 11.8 Å². The number of rotatable bonds is 7. The smallest absolute Gasteiger partial charge is 0.227 e. The highest BCUT2D eigenvalue weighted by Gasteiger charge is 2.36. The summed E-state index contributed by atoms with van der Waals surface area (Å²) >= 11 is 6.05. The number of carbonyl (C=O) groups excluding carboxylic acids is 2. The van der Waals surface area contributed by atoms with Gasteiger partial charge in [-0.05, 0) is 30.5 Å². The lowest BCUT2D eigenvalue weighted by atomic mass is 10.0. The molecule has 26 heavy (non-hydrogen) atoms. The molecule has 0 aromatic heterocycles. The summed E-state index contributed by atoms with van der Waals surface area (Å²) < 4.78 is 5.31. The second-order valence-corrected chi connectivity index (χ2v) is 7.23. The number of nitrogens with two attached hydrogens (primary N) is 1. The first-order valence-corrected chi connectivity index (χ1v) is 8.87. The summed E-state index contributed by atoms with van der Waals surface area (Å²) in [6, 6.07) is 5.02. The Kier molecular flexibility index (Phi) is 8.67. The van der Waals surface area contributed by atoms with Gasteiger partial charge in [0.2, 0.25) is 11.8 Å². The van der Waals surface area contributed by atoms with Gasteiger partial charge in [-0.3, -0.25) is 9.59 Å². The predicted molar refractivity (Wildman–Crippen MR) is 106 cm³/mol. The number of nitrogens with one attached hydrogen (secondary N) is 1. The molecule has 1 fully saturated rings. The van der Waals surface area contributed by atoms with Crippen molar-refractivity contribution in [3.8, 4) is 5.75 Å². The van der Waals surface area contributed by atoms with Gasteiger partial charge >= 0.3 is 0 Å². The minimum Gasteiger partial charge on any atom is -0.495 e. The van der Waals surface area contributed by atoms with E-state index in [1.165, 1.54) is 7.11 Å². The molecule has 0 bridgehead atoms. The van der Waals surface area contributed by atoms with Crippen molar-refractivity contribution in [2.24, 2.45) is 17.6 Å². The molecule has 2 rings (SSSR count). The summed E-state index contributed by atoms with van der Waals surface area (Å²) in [5.41, 5.74) is 6.34. The minimum absolute atomic E-state index is 0. The van der Waals surface area contributed by atoms with E-state index in [0.717, 1.165) is 6.42 Å². The quantitative estimate of drug-likeness (QED) is 0.732. The first-order valence-electron chi connectivity index (χ1n) is 8.50. The maximum atomic E-state index is 12.5. The molecule has 6 nitrogen and oxygen atoms in total. The van der Waals surface area contributed by atoms with E-state index in [1.807, 2.05) is 0 Å². The van der Waals surface area contributed by atoms with E-state index in [2.05, 4.69) is 19.2 Å². The van der Waals surface area contributed by atoms with Gasteiger partial charge < -0.3 is 20.7 Å². The third-order valence-electron chi connectivity index (χ3n) is 4.31. The van der Waals surface area contributed by atoms with Crippen LogP contribution >= 0.6 is 24.0 Å². The SMILES string of the molecule is COc1ccc(Cl)cc1N1CC(C(=O)NC(CN)CC(C)C)CC1=O.Cl. The third kappa shape index (κ3) is 5.50. The molecular formula is C18H27Cl2N3O3. The molecule has 2 amide bonds. The normalized spacial score (nSPS) is 17.8.